The zero-order valence-corrected chi connectivity index (χ0v) is 7.10. The van der Waals surface area contributed by atoms with Crippen LogP contribution in [0, 0.1) is 0 Å². The van der Waals surface area contributed by atoms with Gasteiger partial charge in [-0.05, 0) is 12.8 Å². The van der Waals surface area contributed by atoms with Crippen molar-refractivity contribution in [2.45, 2.75) is 19.3 Å². The Kier molecular flexibility index (Phi) is 4.98. The van der Waals surface area contributed by atoms with Crippen molar-refractivity contribution in [3.8, 4) is 0 Å². The minimum absolute atomic E-state index is 0. The van der Waals surface area contributed by atoms with Crippen LogP contribution < -0.4 is 5.73 Å². The van der Waals surface area contributed by atoms with Gasteiger partial charge in [-0.25, -0.2) is 4.79 Å². The molecule has 1 saturated heterocycles. The first-order valence-corrected chi connectivity index (χ1v) is 3.51. The molecule has 66 valence electrons. The average Bonchev–Trinajstić information content (AvgIpc) is 1.88. The molecule has 5 heteroatoms. The van der Waals surface area contributed by atoms with Crippen LogP contribution in [0.1, 0.15) is 19.3 Å². The van der Waals surface area contributed by atoms with Crippen LogP contribution in [0.2, 0.25) is 0 Å². The molecule has 0 saturated carbocycles. The normalized spacial score (nSPS) is 18.5. The number of hydroxylamine groups is 2. The summed E-state index contributed by atoms with van der Waals surface area (Å²) < 4.78 is 0. The Morgan fingerprint density at radius 1 is 1.27 bits per heavy atom. The minimum Gasteiger partial charge on any atom is -0.351 e. The van der Waals surface area contributed by atoms with Crippen LogP contribution in [0.5, 0.6) is 0 Å². The fourth-order valence-electron chi connectivity index (χ4n) is 1.08. The summed E-state index contributed by atoms with van der Waals surface area (Å²) in [5.74, 6) is 0. The molecule has 2 N–H and O–H groups in total. The molecule has 0 atom stereocenters. The van der Waals surface area contributed by atoms with Crippen LogP contribution in [0.15, 0.2) is 0 Å². The number of hydrogen-bond donors (Lipinski definition) is 1. The molecule has 0 aromatic heterocycles. The summed E-state index contributed by atoms with van der Waals surface area (Å²) >= 11 is 0. The molecule has 0 bridgehead atoms. The molecule has 0 aliphatic carbocycles. The zero-order chi connectivity index (χ0) is 7.40. The van der Waals surface area contributed by atoms with Crippen molar-refractivity contribution >= 4 is 18.5 Å². The quantitative estimate of drug-likeness (QED) is 0.653. The fraction of sp³-hybridized carbons (Fsp3) is 0.833. The molecular weight excluding hydrogens is 168 g/mol. The summed E-state index contributed by atoms with van der Waals surface area (Å²) in [5, 5.41) is 1.62. The van der Waals surface area contributed by atoms with Gasteiger partial charge in [0, 0.05) is 13.1 Å². The van der Waals surface area contributed by atoms with Crippen LogP contribution in [0.4, 0.5) is 4.79 Å². The molecule has 0 spiro atoms. The maximum Gasteiger partial charge on any atom is 0.423 e. The van der Waals surface area contributed by atoms with E-state index in [1.807, 2.05) is 0 Å². The van der Waals surface area contributed by atoms with Crippen LogP contribution in [0.25, 0.3) is 0 Å². The lowest BCUT2D eigenvalue weighted by atomic mass is 10.2. The predicted octanol–water partition coefficient (Wildman–Crippen LogP) is 0.904. The number of carbonyl (C=O) groups excluding carboxylic acids is 1. The van der Waals surface area contributed by atoms with Gasteiger partial charge in [-0.15, -0.1) is 17.5 Å². The number of nitrogens with two attached hydrogens (primary N) is 1. The molecule has 0 aromatic rings. The third-order valence-electron chi connectivity index (χ3n) is 1.53. The van der Waals surface area contributed by atoms with Gasteiger partial charge in [0.1, 0.15) is 0 Å². The molecule has 11 heavy (non-hydrogen) atoms. The van der Waals surface area contributed by atoms with E-state index >= 15 is 0 Å². The SMILES string of the molecule is Cl.NC(=O)ON1CCCCC1. The minimum atomic E-state index is -0.707. The molecule has 1 aliphatic heterocycles. The highest BCUT2D eigenvalue weighted by molar-refractivity contribution is 5.85. The van der Waals surface area contributed by atoms with Crippen molar-refractivity contribution in [2.24, 2.45) is 5.73 Å². The van der Waals surface area contributed by atoms with E-state index in [0.717, 1.165) is 25.9 Å². The summed E-state index contributed by atoms with van der Waals surface area (Å²) in [4.78, 5) is 14.9. The number of nitrogens with zero attached hydrogens (tertiary/aromatic N) is 1. The van der Waals surface area contributed by atoms with Crippen LogP contribution in [-0.4, -0.2) is 24.2 Å². The van der Waals surface area contributed by atoms with Gasteiger partial charge in [0.2, 0.25) is 0 Å². The molecule has 0 radical (unpaired) electrons. The highest BCUT2D eigenvalue weighted by atomic mass is 35.5. The average molecular weight is 181 g/mol. The van der Waals surface area contributed by atoms with Crippen LogP contribution in [0.3, 0.4) is 0 Å². The van der Waals surface area contributed by atoms with Gasteiger partial charge in [0.15, 0.2) is 0 Å². The van der Waals surface area contributed by atoms with Gasteiger partial charge in [-0.3, -0.25) is 0 Å². The van der Waals surface area contributed by atoms with E-state index in [0.29, 0.717) is 0 Å². The van der Waals surface area contributed by atoms with E-state index in [1.165, 1.54) is 6.42 Å². The van der Waals surface area contributed by atoms with E-state index in [4.69, 9.17) is 5.73 Å². The van der Waals surface area contributed by atoms with E-state index in [2.05, 4.69) is 4.84 Å². The number of rotatable bonds is 1. The molecule has 0 unspecified atom stereocenters. The summed E-state index contributed by atoms with van der Waals surface area (Å²) in [5.41, 5.74) is 4.82. The third kappa shape index (κ3) is 4.06. The van der Waals surface area contributed by atoms with E-state index in [-0.39, 0.29) is 12.4 Å². The third-order valence-corrected chi connectivity index (χ3v) is 1.53. The highest BCUT2D eigenvalue weighted by Crippen LogP contribution is 2.07. The van der Waals surface area contributed by atoms with Crippen LogP contribution >= 0.6 is 12.4 Å². The van der Waals surface area contributed by atoms with E-state index < -0.39 is 6.09 Å². The summed E-state index contributed by atoms with van der Waals surface area (Å²) in [6.07, 6.45) is 2.70. The van der Waals surface area contributed by atoms with Crippen molar-refractivity contribution in [1.29, 1.82) is 0 Å². The lowest BCUT2D eigenvalue weighted by Crippen LogP contribution is -2.34. The molecule has 1 aliphatic rings. The number of halogens is 1. The second kappa shape index (κ2) is 5.21. The lowest BCUT2D eigenvalue weighted by molar-refractivity contribution is -0.107. The van der Waals surface area contributed by atoms with Crippen molar-refractivity contribution in [1.82, 2.24) is 5.06 Å². The number of hydrogen-bond acceptors (Lipinski definition) is 3. The molecule has 0 aromatic carbocycles. The van der Waals surface area contributed by atoms with Crippen molar-refractivity contribution in [3.63, 3.8) is 0 Å². The molecule has 1 fully saturated rings. The second-order valence-corrected chi connectivity index (χ2v) is 2.40. The maximum atomic E-state index is 10.2. The standard InChI is InChI=1S/C6H12N2O2.ClH/c7-6(9)10-8-4-2-1-3-5-8;/h1-5H2,(H2,7,9);1H. The number of amides is 1. The van der Waals surface area contributed by atoms with Crippen LogP contribution in [-0.2, 0) is 4.84 Å². The highest BCUT2D eigenvalue weighted by Gasteiger charge is 2.12. The Labute approximate surface area is 72.0 Å². The molecule has 4 nitrogen and oxygen atoms in total. The van der Waals surface area contributed by atoms with Gasteiger partial charge in [-0.1, -0.05) is 6.42 Å². The van der Waals surface area contributed by atoms with Gasteiger partial charge in [-0.2, -0.15) is 0 Å². The zero-order valence-electron chi connectivity index (χ0n) is 6.28. The smallest absolute Gasteiger partial charge is 0.351 e. The topological polar surface area (TPSA) is 55.6 Å². The Balaban J connectivity index is 0.000001000. The number of piperidine rings is 1. The summed E-state index contributed by atoms with van der Waals surface area (Å²) in [7, 11) is 0. The maximum absolute atomic E-state index is 10.2. The van der Waals surface area contributed by atoms with E-state index in [9.17, 15) is 4.79 Å². The monoisotopic (exact) mass is 180 g/mol. The van der Waals surface area contributed by atoms with Gasteiger partial charge in [0.05, 0.1) is 0 Å². The van der Waals surface area contributed by atoms with Gasteiger partial charge < -0.3 is 10.6 Å². The molecular formula is C6H13ClN2O2. The Morgan fingerprint density at radius 2 is 1.82 bits per heavy atom. The van der Waals surface area contributed by atoms with E-state index in [1.54, 1.807) is 5.06 Å². The Bertz CT molecular complexity index is 126. The second-order valence-electron chi connectivity index (χ2n) is 2.40. The van der Waals surface area contributed by atoms with Crippen molar-refractivity contribution in [2.75, 3.05) is 13.1 Å². The first kappa shape index (κ1) is 10.5. The number of primary amides is 1. The summed E-state index contributed by atoms with van der Waals surface area (Å²) in [6, 6.07) is 0. The molecule has 1 amide bonds. The first-order chi connectivity index (χ1) is 4.79. The van der Waals surface area contributed by atoms with Gasteiger partial charge >= 0.3 is 6.09 Å². The van der Waals surface area contributed by atoms with Gasteiger partial charge in [0.25, 0.3) is 0 Å². The Morgan fingerprint density at radius 3 is 2.27 bits per heavy atom. The van der Waals surface area contributed by atoms with Crippen molar-refractivity contribution in [3.05, 3.63) is 0 Å². The van der Waals surface area contributed by atoms with Crippen molar-refractivity contribution < 1.29 is 9.63 Å². The number of carbonyl (C=O) groups is 1. The molecule has 1 heterocycles. The fourth-order valence-corrected chi connectivity index (χ4v) is 1.08. The Hall–Kier alpha value is -0.480. The summed E-state index contributed by atoms with van der Waals surface area (Å²) in [6.45, 7) is 1.64. The largest absolute Gasteiger partial charge is 0.423 e. The predicted molar refractivity (Wildman–Crippen MR) is 43.3 cm³/mol. The lowest BCUT2D eigenvalue weighted by Gasteiger charge is -2.23. The molecule has 1 rings (SSSR count). The first-order valence-electron chi connectivity index (χ1n) is 3.51.